The Morgan fingerprint density at radius 2 is 1.75 bits per heavy atom. The van der Waals surface area contributed by atoms with Gasteiger partial charge in [-0.1, -0.05) is 6.92 Å². The first kappa shape index (κ1) is 14.2. The van der Waals surface area contributed by atoms with Crippen molar-refractivity contribution in [3.8, 4) is 5.75 Å². The Morgan fingerprint density at radius 1 is 1.20 bits per heavy atom. The lowest BCUT2D eigenvalue weighted by atomic mass is 9.97. The minimum atomic E-state index is -0.268. The number of amides is 2. The standard InChI is InChI=1S/C15H17NO4/c1-10-7-14(18)16(15(19)8-10)9-13(17)11-3-5-12(20-2)6-4-11/h3-6,10H,7-9H2,1-2H3. The van der Waals surface area contributed by atoms with Crippen LogP contribution in [0, 0.1) is 5.92 Å². The van der Waals surface area contributed by atoms with Crippen molar-refractivity contribution in [2.75, 3.05) is 13.7 Å². The van der Waals surface area contributed by atoms with Gasteiger partial charge in [-0.25, -0.2) is 0 Å². The molecule has 106 valence electrons. The SMILES string of the molecule is COc1ccc(C(=O)CN2C(=O)CC(C)CC2=O)cc1. The molecule has 1 heterocycles. The molecule has 0 spiro atoms. The molecule has 0 aliphatic carbocycles. The highest BCUT2D eigenvalue weighted by atomic mass is 16.5. The number of methoxy groups -OCH3 is 1. The minimum absolute atomic E-state index is 0.0577. The molecular weight excluding hydrogens is 258 g/mol. The Labute approximate surface area is 117 Å². The molecule has 2 amide bonds. The van der Waals surface area contributed by atoms with Gasteiger partial charge in [0.05, 0.1) is 13.7 Å². The quantitative estimate of drug-likeness (QED) is 0.619. The number of hydrogen-bond acceptors (Lipinski definition) is 4. The third-order valence-electron chi connectivity index (χ3n) is 3.36. The van der Waals surface area contributed by atoms with Crippen molar-refractivity contribution in [3.05, 3.63) is 29.8 Å². The molecule has 0 bridgehead atoms. The minimum Gasteiger partial charge on any atom is -0.497 e. The number of carbonyl (C=O) groups is 3. The maximum Gasteiger partial charge on any atom is 0.229 e. The number of rotatable bonds is 4. The van der Waals surface area contributed by atoms with Gasteiger partial charge in [0, 0.05) is 18.4 Å². The highest BCUT2D eigenvalue weighted by molar-refractivity contribution is 6.05. The zero-order chi connectivity index (χ0) is 14.7. The normalized spacial score (nSPS) is 16.4. The molecule has 2 rings (SSSR count). The fourth-order valence-corrected chi connectivity index (χ4v) is 2.22. The summed E-state index contributed by atoms with van der Waals surface area (Å²) in [6.45, 7) is 1.68. The van der Waals surface area contributed by atoms with Crippen molar-refractivity contribution in [1.29, 1.82) is 0 Å². The van der Waals surface area contributed by atoms with Gasteiger partial charge in [-0.05, 0) is 30.2 Å². The summed E-state index contributed by atoms with van der Waals surface area (Å²) in [5, 5.41) is 0. The first-order chi connectivity index (χ1) is 9.51. The molecule has 1 aliphatic rings. The summed E-state index contributed by atoms with van der Waals surface area (Å²) >= 11 is 0. The maximum absolute atomic E-state index is 12.1. The van der Waals surface area contributed by atoms with Crippen LogP contribution in [-0.4, -0.2) is 36.2 Å². The molecule has 1 aliphatic heterocycles. The molecule has 5 heteroatoms. The molecule has 20 heavy (non-hydrogen) atoms. The van der Waals surface area contributed by atoms with Gasteiger partial charge in [-0.15, -0.1) is 0 Å². The second kappa shape index (κ2) is 5.86. The van der Waals surface area contributed by atoms with Crippen LogP contribution < -0.4 is 4.74 Å². The van der Waals surface area contributed by atoms with E-state index in [0.717, 1.165) is 4.90 Å². The van der Waals surface area contributed by atoms with Crippen LogP contribution in [0.1, 0.15) is 30.1 Å². The zero-order valence-corrected chi connectivity index (χ0v) is 11.6. The van der Waals surface area contributed by atoms with Crippen molar-refractivity contribution in [1.82, 2.24) is 4.90 Å². The van der Waals surface area contributed by atoms with Crippen molar-refractivity contribution < 1.29 is 19.1 Å². The summed E-state index contributed by atoms with van der Waals surface area (Å²) in [7, 11) is 1.54. The number of imide groups is 1. The van der Waals surface area contributed by atoms with Crippen LogP contribution in [0.25, 0.3) is 0 Å². The predicted octanol–water partition coefficient (Wildman–Crippen LogP) is 1.66. The van der Waals surface area contributed by atoms with Crippen LogP contribution in [0.2, 0.25) is 0 Å². The summed E-state index contributed by atoms with van der Waals surface area (Å²) in [6, 6.07) is 6.61. The highest BCUT2D eigenvalue weighted by Crippen LogP contribution is 2.19. The molecule has 1 aromatic carbocycles. The summed E-state index contributed by atoms with van der Waals surface area (Å²) in [6.07, 6.45) is 0.642. The van der Waals surface area contributed by atoms with Crippen molar-refractivity contribution in [2.45, 2.75) is 19.8 Å². The fraction of sp³-hybridized carbons (Fsp3) is 0.400. The van der Waals surface area contributed by atoms with E-state index in [0.29, 0.717) is 24.2 Å². The van der Waals surface area contributed by atoms with Crippen LogP contribution in [0.3, 0.4) is 0 Å². The van der Waals surface area contributed by atoms with E-state index >= 15 is 0 Å². The molecule has 0 saturated carbocycles. The van der Waals surface area contributed by atoms with Crippen molar-refractivity contribution >= 4 is 17.6 Å². The van der Waals surface area contributed by atoms with E-state index in [9.17, 15) is 14.4 Å². The van der Waals surface area contributed by atoms with Gasteiger partial charge >= 0.3 is 0 Å². The van der Waals surface area contributed by atoms with Crippen LogP contribution in [0.15, 0.2) is 24.3 Å². The number of hydrogen-bond donors (Lipinski definition) is 0. The third-order valence-corrected chi connectivity index (χ3v) is 3.36. The maximum atomic E-state index is 12.1. The summed E-state index contributed by atoms with van der Waals surface area (Å²) < 4.78 is 5.01. The van der Waals surface area contributed by atoms with Gasteiger partial charge in [0.1, 0.15) is 5.75 Å². The number of Topliss-reactive ketones (excluding diaryl/α,β-unsaturated/α-hetero) is 1. The predicted molar refractivity (Wildman–Crippen MR) is 72.4 cm³/mol. The third kappa shape index (κ3) is 3.04. The molecule has 1 fully saturated rings. The van der Waals surface area contributed by atoms with Gasteiger partial charge < -0.3 is 4.74 Å². The number of piperidine rings is 1. The number of carbonyl (C=O) groups excluding carboxylic acids is 3. The Balaban J connectivity index is 2.06. The van der Waals surface area contributed by atoms with Crippen LogP contribution >= 0.6 is 0 Å². The Morgan fingerprint density at radius 3 is 2.25 bits per heavy atom. The van der Waals surface area contributed by atoms with E-state index in [1.54, 1.807) is 31.4 Å². The van der Waals surface area contributed by atoms with Crippen LogP contribution in [0.4, 0.5) is 0 Å². The topological polar surface area (TPSA) is 63.7 Å². The number of nitrogens with zero attached hydrogens (tertiary/aromatic N) is 1. The Kier molecular flexibility index (Phi) is 4.17. The van der Waals surface area contributed by atoms with Crippen LogP contribution in [0.5, 0.6) is 5.75 Å². The molecule has 0 aromatic heterocycles. The fourth-order valence-electron chi connectivity index (χ4n) is 2.22. The lowest BCUT2D eigenvalue weighted by Crippen LogP contribution is -2.45. The van der Waals surface area contributed by atoms with Gasteiger partial charge in [0.15, 0.2) is 5.78 Å². The molecule has 1 aromatic rings. The van der Waals surface area contributed by atoms with E-state index < -0.39 is 0 Å². The lowest BCUT2D eigenvalue weighted by Gasteiger charge is -2.27. The second-order valence-corrected chi connectivity index (χ2v) is 5.04. The van der Waals surface area contributed by atoms with Gasteiger partial charge in [-0.3, -0.25) is 19.3 Å². The molecule has 0 atom stereocenters. The second-order valence-electron chi connectivity index (χ2n) is 5.04. The number of ether oxygens (including phenoxy) is 1. The average Bonchev–Trinajstić information content (AvgIpc) is 2.42. The number of ketones is 1. The largest absolute Gasteiger partial charge is 0.497 e. The Hall–Kier alpha value is -2.17. The highest BCUT2D eigenvalue weighted by Gasteiger charge is 2.31. The van der Waals surface area contributed by atoms with Crippen molar-refractivity contribution in [2.24, 2.45) is 5.92 Å². The monoisotopic (exact) mass is 275 g/mol. The average molecular weight is 275 g/mol. The number of likely N-dealkylation sites (tertiary alicyclic amines) is 1. The van der Waals surface area contributed by atoms with E-state index in [2.05, 4.69) is 0 Å². The zero-order valence-electron chi connectivity index (χ0n) is 11.6. The van der Waals surface area contributed by atoms with E-state index in [1.165, 1.54) is 0 Å². The summed E-state index contributed by atoms with van der Waals surface area (Å²) in [5.41, 5.74) is 0.463. The molecule has 0 radical (unpaired) electrons. The molecular formula is C15H17NO4. The van der Waals surface area contributed by atoms with Crippen molar-refractivity contribution in [3.63, 3.8) is 0 Å². The Bertz CT molecular complexity index is 517. The van der Waals surface area contributed by atoms with Gasteiger partial charge in [-0.2, -0.15) is 0 Å². The molecule has 5 nitrogen and oxygen atoms in total. The lowest BCUT2D eigenvalue weighted by molar-refractivity contribution is -0.149. The van der Waals surface area contributed by atoms with Crippen LogP contribution in [-0.2, 0) is 9.59 Å². The summed E-state index contributed by atoms with van der Waals surface area (Å²) in [5.74, 6) is -0.0713. The van der Waals surface area contributed by atoms with E-state index in [4.69, 9.17) is 4.74 Å². The number of benzene rings is 1. The first-order valence-corrected chi connectivity index (χ1v) is 6.51. The van der Waals surface area contributed by atoms with Gasteiger partial charge in [0.25, 0.3) is 0 Å². The first-order valence-electron chi connectivity index (χ1n) is 6.51. The van der Waals surface area contributed by atoms with E-state index in [1.807, 2.05) is 6.92 Å². The molecule has 0 unspecified atom stereocenters. The summed E-state index contributed by atoms with van der Waals surface area (Å²) in [4.78, 5) is 36.8. The van der Waals surface area contributed by atoms with Gasteiger partial charge in [0.2, 0.25) is 11.8 Å². The molecule has 1 saturated heterocycles. The molecule has 0 N–H and O–H groups in total. The van der Waals surface area contributed by atoms with E-state index in [-0.39, 0.29) is 30.1 Å². The smallest absolute Gasteiger partial charge is 0.229 e.